The Balaban J connectivity index is 2.03. The van der Waals surface area contributed by atoms with E-state index in [2.05, 4.69) is 11.3 Å². The van der Waals surface area contributed by atoms with Crippen molar-refractivity contribution in [3.8, 4) is 0 Å². The van der Waals surface area contributed by atoms with E-state index in [4.69, 9.17) is 5.73 Å². The Morgan fingerprint density at radius 2 is 2.23 bits per heavy atom. The molecule has 72 valence electrons. The van der Waals surface area contributed by atoms with Crippen molar-refractivity contribution < 1.29 is 0 Å². The number of hydrogen-bond acceptors (Lipinski definition) is 2. The monoisotopic (exact) mass is 179 g/mol. The maximum Gasteiger partial charge on any atom is 0.0531 e. The summed E-state index contributed by atoms with van der Waals surface area (Å²) in [6, 6.07) is 0. The molecule has 13 heavy (non-hydrogen) atoms. The summed E-state index contributed by atoms with van der Waals surface area (Å²) in [5, 5.41) is 4.29. The molecule has 1 fully saturated rings. The summed E-state index contributed by atoms with van der Waals surface area (Å²) in [7, 11) is 0. The second-order valence-corrected chi connectivity index (χ2v) is 3.81. The summed E-state index contributed by atoms with van der Waals surface area (Å²) in [5.41, 5.74) is 6.87. The molecule has 0 spiro atoms. The van der Waals surface area contributed by atoms with E-state index in [-0.39, 0.29) is 0 Å². The van der Waals surface area contributed by atoms with E-state index >= 15 is 0 Å². The summed E-state index contributed by atoms with van der Waals surface area (Å²) < 4.78 is 1.95. The van der Waals surface area contributed by atoms with Gasteiger partial charge in [0.2, 0.25) is 0 Å². The first-order chi connectivity index (χ1) is 6.40. The van der Waals surface area contributed by atoms with Crippen molar-refractivity contribution >= 4 is 0 Å². The van der Waals surface area contributed by atoms with Crippen molar-refractivity contribution in [2.45, 2.75) is 38.1 Å². The second kappa shape index (κ2) is 3.92. The quantitative estimate of drug-likeness (QED) is 0.764. The molecule has 0 atom stereocenters. The molecular formula is C10H17N3. The lowest BCUT2D eigenvalue weighted by molar-refractivity contribution is 0.622. The molecule has 1 aromatic rings. The topological polar surface area (TPSA) is 43.8 Å². The normalized spacial score (nSPS) is 18.2. The minimum Gasteiger partial charge on any atom is -0.329 e. The fourth-order valence-electron chi connectivity index (χ4n) is 2.10. The first kappa shape index (κ1) is 8.75. The van der Waals surface area contributed by atoms with E-state index in [9.17, 15) is 0 Å². The summed E-state index contributed by atoms with van der Waals surface area (Å²) in [4.78, 5) is 0. The van der Waals surface area contributed by atoms with E-state index in [1.54, 1.807) is 0 Å². The van der Waals surface area contributed by atoms with Crippen LogP contribution >= 0.6 is 0 Å². The van der Waals surface area contributed by atoms with Gasteiger partial charge in [0.15, 0.2) is 0 Å². The third kappa shape index (κ3) is 1.91. The zero-order chi connectivity index (χ0) is 9.10. The molecule has 2 rings (SSSR count). The van der Waals surface area contributed by atoms with Crippen LogP contribution in [0, 0.1) is 0 Å². The van der Waals surface area contributed by atoms with Crippen molar-refractivity contribution in [1.29, 1.82) is 0 Å². The van der Waals surface area contributed by atoms with Crippen molar-refractivity contribution in [2.75, 3.05) is 6.54 Å². The van der Waals surface area contributed by atoms with Crippen molar-refractivity contribution in [3.63, 3.8) is 0 Å². The zero-order valence-corrected chi connectivity index (χ0v) is 7.95. The molecule has 0 saturated heterocycles. The van der Waals surface area contributed by atoms with Gasteiger partial charge < -0.3 is 5.73 Å². The number of nitrogens with zero attached hydrogens (tertiary/aromatic N) is 2. The van der Waals surface area contributed by atoms with E-state index in [1.165, 1.54) is 31.2 Å². The maximum atomic E-state index is 5.46. The average Bonchev–Trinajstić information content (AvgIpc) is 2.70. The maximum absolute atomic E-state index is 5.46. The van der Waals surface area contributed by atoms with Crippen LogP contribution in [0.25, 0.3) is 0 Å². The number of aromatic nitrogens is 2. The molecule has 1 aliphatic rings. The van der Waals surface area contributed by atoms with Gasteiger partial charge >= 0.3 is 0 Å². The molecule has 0 amide bonds. The fraction of sp³-hybridized carbons (Fsp3) is 0.700. The average molecular weight is 179 g/mol. The van der Waals surface area contributed by atoms with E-state index in [1.807, 2.05) is 10.9 Å². The molecule has 1 heterocycles. The van der Waals surface area contributed by atoms with Crippen LogP contribution in [0.15, 0.2) is 12.4 Å². The number of nitrogens with two attached hydrogens (primary N) is 1. The highest BCUT2D eigenvalue weighted by molar-refractivity contribution is 5.12. The summed E-state index contributed by atoms with van der Waals surface area (Å²) in [6.07, 6.45) is 9.61. The first-order valence-electron chi connectivity index (χ1n) is 5.12. The molecule has 3 heteroatoms. The van der Waals surface area contributed by atoms with Crippen LogP contribution in [-0.2, 0) is 6.54 Å². The lowest BCUT2D eigenvalue weighted by atomic mass is 10.0. The lowest BCUT2D eigenvalue weighted by Gasteiger charge is -2.03. The predicted octanol–water partition coefficient (Wildman–Crippen LogP) is 1.50. The lowest BCUT2D eigenvalue weighted by Crippen LogP contribution is -2.09. The van der Waals surface area contributed by atoms with Crippen LogP contribution in [0.2, 0.25) is 0 Å². The van der Waals surface area contributed by atoms with E-state index in [0.717, 1.165) is 12.5 Å². The van der Waals surface area contributed by atoms with Crippen LogP contribution in [0.4, 0.5) is 0 Å². The van der Waals surface area contributed by atoms with Gasteiger partial charge in [0.25, 0.3) is 0 Å². The Bertz CT molecular complexity index is 261. The Morgan fingerprint density at radius 3 is 2.92 bits per heavy atom. The SMILES string of the molecule is NCCn1cc(C2CCCC2)cn1. The standard InChI is InChI=1S/C10H17N3/c11-5-6-13-8-10(7-12-13)9-3-1-2-4-9/h7-9H,1-6,11H2. The highest BCUT2D eigenvalue weighted by atomic mass is 15.3. The van der Waals surface area contributed by atoms with Crippen LogP contribution < -0.4 is 5.73 Å². The minimum absolute atomic E-state index is 0.672. The predicted molar refractivity (Wildman–Crippen MR) is 52.5 cm³/mol. The Kier molecular flexibility index (Phi) is 2.64. The first-order valence-corrected chi connectivity index (χ1v) is 5.12. The minimum atomic E-state index is 0.672. The Morgan fingerprint density at radius 1 is 1.46 bits per heavy atom. The van der Waals surface area contributed by atoms with Crippen LogP contribution in [0.5, 0.6) is 0 Å². The second-order valence-electron chi connectivity index (χ2n) is 3.81. The van der Waals surface area contributed by atoms with Crippen molar-refractivity contribution in [2.24, 2.45) is 5.73 Å². The van der Waals surface area contributed by atoms with Crippen LogP contribution in [0.1, 0.15) is 37.2 Å². The molecule has 1 aliphatic carbocycles. The molecule has 1 saturated carbocycles. The van der Waals surface area contributed by atoms with Crippen LogP contribution in [0.3, 0.4) is 0 Å². The summed E-state index contributed by atoms with van der Waals surface area (Å²) >= 11 is 0. The van der Waals surface area contributed by atoms with Gasteiger partial charge in [-0.05, 0) is 24.3 Å². The van der Waals surface area contributed by atoms with Gasteiger partial charge in [-0.25, -0.2) is 0 Å². The molecule has 3 nitrogen and oxygen atoms in total. The van der Waals surface area contributed by atoms with Crippen molar-refractivity contribution in [1.82, 2.24) is 9.78 Å². The van der Waals surface area contributed by atoms with Crippen molar-refractivity contribution in [3.05, 3.63) is 18.0 Å². The third-order valence-corrected chi connectivity index (χ3v) is 2.84. The molecule has 1 aromatic heterocycles. The van der Waals surface area contributed by atoms with E-state index in [0.29, 0.717) is 6.54 Å². The molecule has 2 N–H and O–H groups in total. The number of hydrogen-bond donors (Lipinski definition) is 1. The van der Waals surface area contributed by atoms with Gasteiger partial charge in [-0.2, -0.15) is 5.10 Å². The Hall–Kier alpha value is -0.830. The smallest absolute Gasteiger partial charge is 0.0531 e. The fourth-order valence-corrected chi connectivity index (χ4v) is 2.10. The Labute approximate surface area is 78.9 Å². The molecule has 0 unspecified atom stereocenters. The van der Waals surface area contributed by atoms with Crippen LogP contribution in [-0.4, -0.2) is 16.3 Å². The molecular weight excluding hydrogens is 162 g/mol. The van der Waals surface area contributed by atoms with Gasteiger partial charge in [0.05, 0.1) is 12.7 Å². The van der Waals surface area contributed by atoms with Gasteiger partial charge in [-0.3, -0.25) is 4.68 Å². The summed E-state index contributed by atoms with van der Waals surface area (Å²) in [5.74, 6) is 0.770. The van der Waals surface area contributed by atoms with Gasteiger partial charge in [-0.15, -0.1) is 0 Å². The number of rotatable bonds is 3. The molecule has 0 bridgehead atoms. The largest absolute Gasteiger partial charge is 0.329 e. The van der Waals surface area contributed by atoms with Gasteiger partial charge in [0, 0.05) is 12.7 Å². The van der Waals surface area contributed by atoms with Gasteiger partial charge in [-0.1, -0.05) is 12.8 Å². The highest BCUT2D eigenvalue weighted by Crippen LogP contribution is 2.33. The van der Waals surface area contributed by atoms with E-state index < -0.39 is 0 Å². The third-order valence-electron chi connectivity index (χ3n) is 2.84. The molecule has 0 aliphatic heterocycles. The molecule has 0 aromatic carbocycles. The highest BCUT2D eigenvalue weighted by Gasteiger charge is 2.18. The van der Waals surface area contributed by atoms with Gasteiger partial charge in [0.1, 0.15) is 0 Å². The zero-order valence-electron chi connectivity index (χ0n) is 7.95. The summed E-state index contributed by atoms with van der Waals surface area (Å²) in [6.45, 7) is 1.51. The molecule has 0 radical (unpaired) electrons.